The monoisotopic (exact) mass is 464 g/mol. The van der Waals surface area contributed by atoms with Gasteiger partial charge in [0.25, 0.3) is 0 Å². The molecule has 9 nitrogen and oxygen atoms in total. The molecule has 0 unspecified atom stereocenters. The molecule has 0 atom stereocenters. The highest BCUT2D eigenvalue weighted by atomic mass is 32.2. The number of nitrogens with one attached hydrogen (secondary N) is 1. The maximum Gasteiger partial charge on any atom is 0.211 e. The molecule has 6 rings (SSSR count). The second-order valence-electron chi connectivity index (χ2n) is 8.75. The first-order chi connectivity index (χ1) is 15.9. The second-order valence-corrected chi connectivity index (χ2v) is 10.7. The fraction of sp³-hybridized carbons (Fsp3) is 0.348. The van der Waals surface area contributed by atoms with Crippen LogP contribution in [0.15, 0.2) is 36.7 Å². The van der Waals surface area contributed by atoms with Crippen LogP contribution in [-0.2, 0) is 22.9 Å². The number of sulfonamides is 1. The summed E-state index contributed by atoms with van der Waals surface area (Å²) in [6.45, 7) is 0.861. The number of aryl methyl sites for hydroxylation is 1. The van der Waals surface area contributed by atoms with Crippen molar-refractivity contribution < 1.29 is 13.2 Å². The average molecular weight is 465 g/mol. The lowest BCUT2D eigenvalue weighted by atomic mass is 9.99. The first-order valence-corrected chi connectivity index (χ1v) is 12.8. The average Bonchev–Trinajstić information content (AvgIpc) is 3.49. The predicted molar refractivity (Wildman–Crippen MR) is 125 cm³/mol. The van der Waals surface area contributed by atoms with Crippen molar-refractivity contribution in [2.45, 2.75) is 25.3 Å². The Morgan fingerprint density at radius 2 is 2.03 bits per heavy atom. The van der Waals surface area contributed by atoms with Crippen molar-refractivity contribution in [2.24, 2.45) is 0 Å². The van der Waals surface area contributed by atoms with Crippen molar-refractivity contribution >= 4 is 21.1 Å². The molecule has 4 heterocycles. The third kappa shape index (κ3) is 3.32. The number of pyridine rings is 1. The number of hydrogen-bond donors (Lipinski definition) is 1. The van der Waals surface area contributed by atoms with Crippen molar-refractivity contribution in [1.82, 2.24) is 29.3 Å². The van der Waals surface area contributed by atoms with Gasteiger partial charge in [0.05, 0.1) is 31.1 Å². The number of rotatable bonds is 5. The molecule has 1 aliphatic carbocycles. The van der Waals surface area contributed by atoms with Crippen molar-refractivity contribution in [3.8, 4) is 28.3 Å². The summed E-state index contributed by atoms with van der Waals surface area (Å²) in [5.74, 6) is 0.712. The highest BCUT2D eigenvalue weighted by molar-refractivity contribution is 7.88. The molecule has 1 aromatic carbocycles. The van der Waals surface area contributed by atoms with Gasteiger partial charge in [-0.25, -0.2) is 13.4 Å². The van der Waals surface area contributed by atoms with Gasteiger partial charge in [-0.3, -0.25) is 9.78 Å². The Morgan fingerprint density at radius 3 is 2.82 bits per heavy atom. The van der Waals surface area contributed by atoms with E-state index in [0.717, 1.165) is 47.1 Å². The molecule has 1 fully saturated rings. The Hall–Kier alpha value is -3.24. The van der Waals surface area contributed by atoms with Gasteiger partial charge in [-0.1, -0.05) is 18.2 Å². The number of methoxy groups -OCH3 is 1. The standard InChI is InChI=1S/C23H24N6O3S/c1-32-20-9-19-23(25-22(20)18-8-4-6-14-5-3-7-17(14)18)21(27-26-19)15-10-24-29(11-15)16-12-28(13-16)33(2,30)31/h4,6,8-11,16H,3,5,7,12-13H2,1-2H3,(H,26,27). The van der Waals surface area contributed by atoms with Gasteiger partial charge in [-0.2, -0.15) is 14.5 Å². The molecule has 1 aliphatic heterocycles. The van der Waals surface area contributed by atoms with E-state index in [9.17, 15) is 8.42 Å². The highest BCUT2D eigenvalue weighted by Crippen LogP contribution is 2.39. The zero-order valence-electron chi connectivity index (χ0n) is 18.4. The summed E-state index contributed by atoms with van der Waals surface area (Å²) >= 11 is 0. The van der Waals surface area contributed by atoms with Crippen LogP contribution in [0.2, 0.25) is 0 Å². The summed E-state index contributed by atoms with van der Waals surface area (Å²) in [5, 5.41) is 12.1. The maximum atomic E-state index is 11.7. The first-order valence-electron chi connectivity index (χ1n) is 11.0. The maximum absolute atomic E-state index is 11.7. The number of fused-ring (bicyclic) bond motifs is 2. The molecular weight excluding hydrogens is 440 g/mol. The molecule has 2 aliphatic rings. The van der Waals surface area contributed by atoms with Crippen LogP contribution in [0.1, 0.15) is 23.6 Å². The topological polar surface area (TPSA) is 106 Å². The van der Waals surface area contributed by atoms with Gasteiger partial charge in [0, 0.05) is 36.5 Å². The zero-order chi connectivity index (χ0) is 22.7. The van der Waals surface area contributed by atoms with Crippen molar-refractivity contribution in [3.05, 3.63) is 47.8 Å². The van der Waals surface area contributed by atoms with Crippen molar-refractivity contribution in [3.63, 3.8) is 0 Å². The van der Waals surface area contributed by atoms with E-state index in [1.165, 1.54) is 21.7 Å². The number of hydrogen-bond acceptors (Lipinski definition) is 6. The Morgan fingerprint density at radius 1 is 1.18 bits per heavy atom. The molecule has 1 N–H and O–H groups in total. The molecule has 33 heavy (non-hydrogen) atoms. The quantitative estimate of drug-likeness (QED) is 0.487. The lowest BCUT2D eigenvalue weighted by Crippen LogP contribution is -2.50. The SMILES string of the molecule is COc1cc2[nH]nc(-c3cnn(C4CN(S(C)(=O)=O)C4)c3)c2nc1-c1cccc2c1CCC2. The summed E-state index contributed by atoms with van der Waals surface area (Å²) in [7, 11) is -1.50. The van der Waals surface area contributed by atoms with Gasteiger partial charge in [-0.15, -0.1) is 0 Å². The number of H-pyrrole nitrogens is 1. The zero-order valence-corrected chi connectivity index (χ0v) is 19.3. The van der Waals surface area contributed by atoms with Crippen LogP contribution in [0, 0.1) is 0 Å². The van der Waals surface area contributed by atoms with Gasteiger partial charge >= 0.3 is 0 Å². The van der Waals surface area contributed by atoms with E-state index in [1.807, 2.05) is 16.9 Å². The molecule has 3 aromatic heterocycles. The molecule has 0 amide bonds. The van der Waals surface area contributed by atoms with E-state index in [0.29, 0.717) is 24.5 Å². The van der Waals surface area contributed by atoms with Crippen molar-refractivity contribution in [2.75, 3.05) is 26.5 Å². The van der Waals surface area contributed by atoms with E-state index in [-0.39, 0.29) is 6.04 Å². The minimum Gasteiger partial charge on any atom is -0.494 e. The van der Waals surface area contributed by atoms with Crippen LogP contribution in [0.4, 0.5) is 0 Å². The van der Waals surface area contributed by atoms with Crippen LogP contribution in [0.3, 0.4) is 0 Å². The minimum absolute atomic E-state index is 0.0224. The van der Waals surface area contributed by atoms with Crippen LogP contribution in [-0.4, -0.2) is 64.1 Å². The Kier molecular flexibility index (Phi) is 4.56. The fourth-order valence-corrected chi connectivity index (χ4v) is 5.72. The number of benzene rings is 1. The van der Waals surface area contributed by atoms with E-state index >= 15 is 0 Å². The molecule has 0 bridgehead atoms. The lowest BCUT2D eigenvalue weighted by molar-refractivity contribution is 0.192. The number of aromatic amines is 1. The van der Waals surface area contributed by atoms with Gasteiger partial charge in [0.1, 0.15) is 22.7 Å². The molecule has 0 saturated carbocycles. The van der Waals surface area contributed by atoms with Gasteiger partial charge in [0.15, 0.2) is 0 Å². The van der Waals surface area contributed by atoms with E-state index < -0.39 is 10.0 Å². The minimum atomic E-state index is -3.16. The van der Waals surface area contributed by atoms with E-state index in [2.05, 4.69) is 33.5 Å². The Labute approximate surface area is 191 Å². The number of nitrogens with zero attached hydrogens (tertiary/aromatic N) is 5. The lowest BCUT2D eigenvalue weighted by Gasteiger charge is -2.36. The summed E-state index contributed by atoms with van der Waals surface area (Å²) in [4.78, 5) is 5.02. The third-order valence-corrected chi connectivity index (χ3v) is 7.90. The number of aromatic nitrogens is 5. The van der Waals surface area contributed by atoms with Crippen molar-refractivity contribution in [1.29, 1.82) is 0 Å². The Balaban J connectivity index is 1.39. The van der Waals surface area contributed by atoms with Gasteiger partial charge < -0.3 is 4.74 Å². The second kappa shape index (κ2) is 7.39. The van der Waals surface area contributed by atoms with Crippen LogP contribution >= 0.6 is 0 Å². The summed E-state index contributed by atoms with van der Waals surface area (Å²) in [6, 6.07) is 8.36. The largest absolute Gasteiger partial charge is 0.494 e. The third-order valence-electron chi connectivity index (χ3n) is 6.67. The Bertz CT molecular complexity index is 1480. The smallest absolute Gasteiger partial charge is 0.211 e. The first kappa shape index (κ1) is 20.4. The molecule has 170 valence electrons. The molecule has 1 saturated heterocycles. The van der Waals surface area contributed by atoms with Gasteiger partial charge in [-0.05, 0) is 30.4 Å². The summed E-state index contributed by atoms with van der Waals surface area (Å²) in [5.41, 5.74) is 7.76. The van der Waals surface area contributed by atoms with Crippen LogP contribution in [0.25, 0.3) is 33.5 Å². The molecule has 10 heteroatoms. The van der Waals surface area contributed by atoms with Gasteiger partial charge in [0.2, 0.25) is 10.0 Å². The molecular formula is C23H24N6O3S. The van der Waals surface area contributed by atoms with Crippen LogP contribution < -0.4 is 4.74 Å². The predicted octanol–water partition coefficient (Wildman–Crippen LogP) is 2.80. The van der Waals surface area contributed by atoms with E-state index in [1.54, 1.807) is 13.3 Å². The van der Waals surface area contributed by atoms with E-state index in [4.69, 9.17) is 9.72 Å². The highest BCUT2D eigenvalue weighted by Gasteiger charge is 2.35. The van der Waals surface area contributed by atoms with Crippen LogP contribution in [0.5, 0.6) is 5.75 Å². The number of ether oxygens (including phenoxy) is 1. The molecule has 4 aromatic rings. The summed E-state index contributed by atoms with van der Waals surface area (Å²) in [6.07, 6.45) is 8.20. The fourth-order valence-electron chi connectivity index (χ4n) is 4.84. The molecule has 0 radical (unpaired) electrons. The summed E-state index contributed by atoms with van der Waals surface area (Å²) < 4.78 is 32.3. The molecule has 0 spiro atoms. The normalized spacial score (nSPS) is 16.8.